The van der Waals surface area contributed by atoms with E-state index in [0.717, 1.165) is 91.0 Å². The van der Waals surface area contributed by atoms with Crippen LogP contribution in [-0.2, 0) is 18.4 Å². The van der Waals surface area contributed by atoms with E-state index in [1.165, 1.54) is 22.9 Å². The lowest BCUT2D eigenvalue weighted by atomic mass is 9.92. The third kappa shape index (κ3) is 9.22. The minimum absolute atomic E-state index is 0.0185. The summed E-state index contributed by atoms with van der Waals surface area (Å²) < 4.78 is 36.3. The number of aromatic nitrogens is 3. The summed E-state index contributed by atoms with van der Waals surface area (Å²) >= 11 is 0. The van der Waals surface area contributed by atoms with Gasteiger partial charge in [0.15, 0.2) is 30.8 Å². The number of hydrogen-bond acceptors (Lipinski definition) is 10. The topological polar surface area (TPSA) is 157 Å². The monoisotopic (exact) mass is 1010 g/mol. The molecule has 4 fully saturated rings. The highest BCUT2D eigenvalue weighted by Gasteiger charge is 2.50. The zero-order chi connectivity index (χ0) is 51.7. The number of likely N-dealkylation sites (tertiary alicyclic amines) is 1. The van der Waals surface area contributed by atoms with E-state index in [4.69, 9.17) is 0 Å². The molecule has 0 spiro atoms. The molecular weight excluding hydrogens is 945 g/mol. The molecule has 3 saturated heterocycles. The predicted molar refractivity (Wildman–Crippen MR) is 283 cm³/mol. The molecule has 2 amide bonds. The van der Waals surface area contributed by atoms with Crippen LogP contribution in [0.15, 0.2) is 71.8 Å². The Morgan fingerprint density at radius 3 is 2.51 bits per heavy atom. The molecule has 5 aromatic rings. The molecule has 8 heterocycles. The summed E-state index contributed by atoms with van der Waals surface area (Å²) in [5, 5.41) is 30.5. The lowest BCUT2D eigenvalue weighted by Gasteiger charge is -2.40. The molecule has 0 bridgehead atoms. The summed E-state index contributed by atoms with van der Waals surface area (Å²) in [5.41, 5.74) is 7.27. The van der Waals surface area contributed by atoms with Gasteiger partial charge in [-0.05, 0) is 99.9 Å². The third-order valence-electron chi connectivity index (χ3n) is 16.9. The Morgan fingerprint density at radius 2 is 1.81 bits per heavy atom. The van der Waals surface area contributed by atoms with Gasteiger partial charge >= 0.3 is 0 Å². The van der Waals surface area contributed by atoms with Gasteiger partial charge in [-0.2, -0.15) is 0 Å². The first kappa shape index (κ1) is 49.9. The van der Waals surface area contributed by atoms with Crippen LogP contribution in [-0.4, -0.2) is 140 Å². The summed E-state index contributed by atoms with van der Waals surface area (Å²) in [6, 6.07) is 14.2. The highest BCUT2D eigenvalue weighted by molar-refractivity contribution is 5.95. The largest absolute Gasteiger partial charge is 0.626 e. The quantitative estimate of drug-likeness (QED) is 0.0771. The van der Waals surface area contributed by atoms with Gasteiger partial charge in [0, 0.05) is 112 Å². The van der Waals surface area contributed by atoms with Crippen molar-refractivity contribution in [3.8, 4) is 5.69 Å². The third-order valence-corrected chi connectivity index (χ3v) is 16.9. The van der Waals surface area contributed by atoms with Crippen LogP contribution in [0.2, 0.25) is 0 Å². The van der Waals surface area contributed by atoms with Crippen LogP contribution < -0.4 is 25.7 Å². The van der Waals surface area contributed by atoms with Crippen molar-refractivity contribution in [3.05, 3.63) is 122 Å². The van der Waals surface area contributed by atoms with Gasteiger partial charge in [-0.3, -0.25) is 28.8 Å². The van der Waals surface area contributed by atoms with Crippen LogP contribution in [0.25, 0.3) is 22.3 Å². The average molecular weight is 1010 g/mol. The van der Waals surface area contributed by atoms with Crippen molar-refractivity contribution in [1.82, 2.24) is 38.8 Å². The highest BCUT2D eigenvalue weighted by Crippen LogP contribution is 2.50. The molecule has 2 aromatic carbocycles. The fourth-order valence-corrected chi connectivity index (χ4v) is 12.6. The van der Waals surface area contributed by atoms with Crippen molar-refractivity contribution in [2.24, 2.45) is 13.0 Å². The minimum Gasteiger partial charge on any atom is -0.626 e. The number of rotatable bonds is 11. The zero-order valence-corrected chi connectivity index (χ0v) is 43.1. The number of carbonyl (C=O) groups excluding carboxylic acids is 2. The van der Waals surface area contributed by atoms with Crippen LogP contribution >= 0.6 is 0 Å². The smallest absolute Gasteiger partial charge is 0.257 e. The van der Waals surface area contributed by atoms with E-state index in [-0.39, 0.29) is 53.7 Å². The van der Waals surface area contributed by atoms with Crippen molar-refractivity contribution in [2.75, 3.05) is 69.7 Å². The number of hydroxylamine groups is 2. The molecule has 74 heavy (non-hydrogen) atoms. The number of benzene rings is 2. The van der Waals surface area contributed by atoms with Crippen molar-refractivity contribution in [3.63, 3.8) is 0 Å². The number of carbonyl (C=O) groups is 2. The number of pyridine rings is 2. The van der Waals surface area contributed by atoms with Gasteiger partial charge < -0.3 is 40.0 Å². The lowest BCUT2D eigenvalue weighted by molar-refractivity contribution is -0.572. The van der Waals surface area contributed by atoms with Gasteiger partial charge in [0.05, 0.1) is 36.7 Å². The summed E-state index contributed by atoms with van der Waals surface area (Å²) in [6.07, 6.45) is 11.5. The molecule has 6 aliphatic rings. The second-order valence-electron chi connectivity index (χ2n) is 21.7. The number of anilines is 2. The predicted octanol–water partition coefficient (Wildman–Crippen LogP) is 6.38. The molecule has 1 aliphatic carbocycles. The number of aliphatic hydroxyl groups excluding tert-OH is 1. The Labute approximate surface area is 430 Å². The van der Waals surface area contributed by atoms with E-state index in [2.05, 4.69) is 68.3 Å². The zero-order valence-electron chi connectivity index (χ0n) is 43.1. The molecule has 5 atom stereocenters. The van der Waals surface area contributed by atoms with Crippen molar-refractivity contribution >= 4 is 51.7 Å². The van der Waals surface area contributed by atoms with Gasteiger partial charge in [-0.25, -0.2) is 18.3 Å². The minimum atomic E-state index is -0.837. The van der Waals surface area contributed by atoms with E-state index in [1.807, 2.05) is 46.5 Å². The molecule has 3 N–H and O–H groups in total. The number of piperidine rings is 2. The summed E-state index contributed by atoms with van der Waals surface area (Å²) in [7, 11) is 3.51. The molecule has 3 aromatic heterocycles. The standard InChI is InChI=1S/C56H67F2N11O5/c1-34-24-40(26-43(57)53(34)39-15-20-64(21-16-39)36(3)49-27-42-46(12-17-60-54(42)62(49)5)67-32-44(58)45(59-4)28-52(67)71)56(73)65-18-13-37(14-19-65)31-66-23-22-63(29-35(66)2)30-38-6-9-47-50(25-38)69(74,41-7-8-41)33-68(47)48-10-11-51(70)61-55(48)72/h6,9,12,15,17,24-28,31-32,35-37,41,48,51,70H,7-8,10-11,13-14,16,18-23,29-30,33H2,1-5H3,(H-,59,61,71,72)/p+1/t35?,36-,48?,51?,69?/m0/s1. The number of nitrogens with one attached hydrogen (secondary N) is 2. The van der Waals surface area contributed by atoms with Gasteiger partial charge in [-0.1, -0.05) is 12.1 Å². The van der Waals surface area contributed by atoms with Crippen LogP contribution in [0.5, 0.6) is 0 Å². The molecular formula is C56H68F2N11O5+. The molecule has 1 saturated carbocycles. The lowest BCUT2D eigenvalue weighted by Crippen LogP contribution is -2.57. The summed E-state index contributed by atoms with van der Waals surface area (Å²) in [5.74, 6) is -0.947. The Balaban J connectivity index is 0.688. The molecule has 16 nitrogen and oxygen atoms in total. The first-order valence-electron chi connectivity index (χ1n) is 26.5. The maximum absolute atomic E-state index is 16.2. The number of aliphatic hydroxyl groups is 1. The molecule has 4 unspecified atom stereocenters. The fraction of sp³-hybridized carbons (Fsp3) is 0.482. The molecule has 0 radical (unpaired) electrons. The fourth-order valence-electron chi connectivity index (χ4n) is 12.6. The number of piperazine rings is 1. The van der Waals surface area contributed by atoms with Crippen molar-refractivity contribution in [1.29, 1.82) is 0 Å². The van der Waals surface area contributed by atoms with Crippen molar-refractivity contribution in [2.45, 2.75) is 103 Å². The van der Waals surface area contributed by atoms with Gasteiger partial charge in [0.1, 0.15) is 35.6 Å². The molecule has 11 rings (SSSR count). The van der Waals surface area contributed by atoms with E-state index >= 15 is 4.39 Å². The van der Waals surface area contributed by atoms with Gasteiger partial charge in [-0.15, -0.1) is 0 Å². The van der Waals surface area contributed by atoms with Crippen molar-refractivity contribution < 1.29 is 28.1 Å². The number of amides is 2. The Hall–Kier alpha value is -6.31. The molecule has 390 valence electrons. The van der Waals surface area contributed by atoms with E-state index in [1.54, 1.807) is 19.3 Å². The SMILES string of the molecule is CNc1cc(=O)n(-c2ccnc3c2cc([C@H](C)N2CC=C(c4c(C)cc(C(=O)N5CCC(C=[N+]6CCN(Cc7ccc8c(c7)[N+]([O-])(C7CC7)CN8C7CCC(O)NC7=O)CC6C)CC5)cc4F)CC2)n3C)cc1F. The highest BCUT2D eigenvalue weighted by atomic mass is 19.1. The number of aryl methyl sites for hydroxylation is 2. The number of nitrogens with zero attached hydrogens (tertiary/aromatic N) is 9. The average Bonchev–Trinajstić information content (AvgIpc) is 4.17. The maximum Gasteiger partial charge on any atom is 0.257 e. The second-order valence-corrected chi connectivity index (χ2v) is 21.7. The molecule has 5 aliphatic heterocycles. The van der Waals surface area contributed by atoms with E-state index in [0.29, 0.717) is 73.8 Å². The van der Waals surface area contributed by atoms with E-state index < -0.39 is 22.7 Å². The Kier molecular flexibility index (Phi) is 13.3. The normalized spacial score (nSPS) is 25.1. The van der Waals surface area contributed by atoms with E-state index in [9.17, 15) is 29.1 Å². The maximum atomic E-state index is 16.2. The first-order valence-corrected chi connectivity index (χ1v) is 26.5. The van der Waals surface area contributed by atoms with Crippen LogP contribution in [0.3, 0.4) is 0 Å². The second kappa shape index (κ2) is 19.8. The molecule has 18 heteroatoms. The van der Waals surface area contributed by atoms with Crippen LogP contribution in [0, 0.1) is 29.7 Å². The first-order chi connectivity index (χ1) is 35.6. The van der Waals surface area contributed by atoms with Gasteiger partial charge in [0.25, 0.3) is 11.5 Å². The Morgan fingerprint density at radius 1 is 1.01 bits per heavy atom. The van der Waals surface area contributed by atoms with Gasteiger partial charge in [0.2, 0.25) is 5.91 Å². The summed E-state index contributed by atoms with van der Waals surface area (Å²) in [6.45, 7) is 12.4. The number of halogens is 2. The van der Waals surface area contributed by atoms with Crippen LogP contribution in [0.1, 0.15) is 97.6 Å². The summed E-state index contributed by atoms with van der Waals surface area (Å²) in [4.78, 5) is 53.1. The van der Waals surface area contributed by atoms with Crippen LogP contribution in [0.4, 0.5) is 25.8 Å². The number of quaternary nitrogens is 1. The Bertz CT molecular complexity index is 3140. The number of hydrogen-bond donors (Lipinski definition) is 3. The number of fused-ring (bicyclic) bond motifs is 2.